The first-order chi connectivity index (χ1) is 11.7. The van der Waals surface area contributed by atoms with Gasteiger partial charge < -0.3 is 16.0 Å². The second-order valence-electron chi connectivity index (χ2n) is 6.05. The van der Waals surface area contributed by atoms with Gasteiger partial charge in [-0.05, 0) is 18.6 Å². The van der Waals surface area contributed by atoms with Crippen LogP contribution in [0.2, 0.25) is 0 Å². The highest BCUT2D eigenvalue weighted by Gasteiger charge is 2.27. The van der Waals surface area contributed by atoms with Crippen molar-refractivity contribution in [3.63, 3.8) is 0 Å². The van der Waals surface area contributed by atoms with Crippen molar-refractivity contribution in [2.24, 2.45) is 5.73 Å². The van der Waals surface area contributed by atoms with E-state index in [1.165, 1.54) is 11.4 Å². The molecule has 0 fully saturated rings. The number of aromatic nitrogens is 2. The molecule has 0 aliphatic carbocycles. The van der Waals surface area contributed by atoms with Gasteiger partial charge in [0.25, 0.3) is 5.91 Å². The monoisotopic (exact) mass is 327 g/mol. The summed E-state index contributed by atoms with van der Waals surface area (Å²) in [5, 5.41) is 7.45. The maximum absolute atomic E-state index is 12.5. The normalized spacial score (nSPS) is 13.7. The summed E-state index contributed by atoms with van der Waals surface area (Å²) in [6, 6.07) is 10.3. The van der Waals surface area contributed by atoms with E-state index in [0.717, 1.165) is 31.5 Å². The van der Waals surface area contributed by atoms with E-state index in [2.05, 4.69) is 34.4 Å². The summed E-state index contributed by atoms with van der Waals surface area (Å²) in [7, 11) is 0. The van der Waals surface area contributed by atoms with E-state index in [4.69, 9.17) is 5.73 Å². The first kappa shape index (κ1) is 16.5. The highest BCUT2D eigenvalue weighted by molar-refractivity contribution is 5.94. The third-order valence-electron chi connectivity index (χ3n) is 4.34. The van der Waals surface area contributed by atoms with E-state index in [0.29, 0.717) is 25.3 Å². The lowest BCUT2D eigenvalue weighted by Gasteiger charge is -2.29. The fourth-order valence-corrected chi connectivity index (χ4v) is 3.20. The number of aryl methyl sites for hydroxylation is 1. The number of nitrogens with zero attached hydrogens (tertiary/aromatic N) is 3. The Morgan fingerprint density at radius 1 is 1.33 bits per heavy atom. The Balaban J connectivity index is 1.90. The number of hydrogen-bond acceptors (Lipinski definition) is 4. The maximum atomic E-state index is 12.5. The minimum absolute atomic E-state index is 0.124. The van der Waals surface area contributed by atoms with Crippen molar-refractivity contribution in [1.29, 1.82) is 0 Å². The van der Waals surface area contributed by atoms with Crippen LogP contribution in [0.3, 0.4) is 0 Å². The Hall–Kier alpha value is -2.34. The smallest absolute Gasteiger partial charge is 0.272 e. The van der Waals surface area contributed by atoms with Gasteiger partial charge in [-0.3, -0.25) is 9.48 Å². The van der Waals surface area contributed by atoms with Gasteiger partial charge in [0.15, 0.2) is 5.69 Å². The lowest BCUT2D eigenvalue weighted by Crippen LogP contribution is -2.33. The molecule has 6 heteroatoms. The zero-order valence-electron chi connectivity index (χ0n) is 14.2. The van der Waals surface area contributed by atoms with E-state index in [1.807, 2.05) is 22.9 Å². The number of carbonyl (C=O) groups is 1. The molecule has 3 N–H and O–H groups in total. The van der Waals surface area contributed by atoms with Crippen LogP contribution in [-0.2, 0) is 19.5 Å². The molecule has 1 amide bonds. The van der Waals surface area contributed by atoms with Gasteiger partial charge in [-0.1, -0.05) is 25.1 Å². The quantitative estimate of drug-likeness (QED) is 0.844. The number of rotatable bonds is 6. The fourth-order valence-electron chi connectivity index (χ4n) is 3.20. The van der Waals surface area contributed by atoms with Crippen molar-refractivity contribution in [2.45, 2.75) is 32.9 Å². The molecule has 0 atom stereocenters. The predicted molar refractivity (Wildman–Crippen MR) is 95.1 cm³/mol. The number of carbonyl (C=O) groups excluding carboxylic acids is 1. The SMILES string of the molecule is CCCn1nc(C(=O)NCCN)c2c1CCN(c1ccccc1)C2. The molecular weight excluding hydrogens is 302 g/mol. The summed E-state index contributed by atoms with van der Waals surface area (Å²) >= 11 is 0. The molecule has 1 aliphatic rings. The molecule has 0 spiro atoms. The van der Waals surface area contributed by atoms with Gasteiger partial charge in [-0.25, -0.2) is 0 Å². The topological polar surface area (TPSA) is 76.2 Å². The first-order valence-electron chi connectivity index (χ1n) is 8.61. The third kappa shape index (κ3) is 3.28. The molecule has 128 valence electrons. The molecule has 0 unspecified atom stereocenters. The van der Waals surface area contributed by atoms with Gasteiger partial charge in [0.1, 0.15) is 0 Å². The number of benzene rings is 1. The number of anilines is 1. The number of amides is 1. The number of nitrogens with one attached hydrogen (secondary N) is 1. The molecule has 0 saturated carbocycles. The third-order valence-corrected chi connectivity index (χ3v) is 4.34. The first-order valence-corrected chi connectivity index (χ1v) is 8.61. The van der Waals surface area contributed by atoms with Crippen LogP contribution in [0.5, 0.6) is 0 Å². The molecular formula is C18H25N5O. The van der Waals surface area contributed by atoms with Crippen molar-refractivity contribution in [1.82, 2.24) is 15.1 Å². The van der Waals surface area contributed by atoms with Gasteiger partial charge in [-0.2, -0.15) is 5.10 Å². The van der Waals surface area contributed by atoms with Crippen LogP contribution in [0.15, 0.2) is 30.3 Å². The maximum Gasteiger partial charge on any atom is 0.272 e. The van der Waals surface area contributed by atoms with Gasteiger partial charge in [0.2, 0.25) is 0 Å². The summed E-state index contributed by atoms with van der Waals surface area (Å²) in [4.78, 5) is 14.8. The summed E-state index contributed by atoms with van der Waals surface area (Å²) in [5.74, 6) is -0.124. The van der Waals surface area contributed by atoms with Crippen molar-refractivity contribution in [3.05, 3.63) is 47.3 Å². The molecule has 1 aromatic carbocycles. The van der Waals surface area contributed by atoms with Crippen LogP contribution >= 0.6 is 0 Å². The van der Waals surface area contributed by atoms with Crippen molar-refractivity contribution in [3.8, 4) is 0 Å². The van der Waals surface area contributed by atoms with Gasteiger partial charge in [0.05, 0.1) is 0 Å². The number of hydrogen-bond donors (Lipinski definition) is 2. The molecule has 2 heterocycles. The van der Waals surface area contributed by atoms with E-state index in [1.54, 1.807) is 0 Å². The molecule has 1 aromatic heterocycles. The van der Waals surface area contributed by atoms with Crippen molar-refractivity contribution < 1.29 is 4.79 Å². The minimum Gasteiger partial charge on any atom is -0.367 e. The average molecular weight is 327 g/mol. The lowest BCUT2D eigenvalue weighted by molar-refractivity contribution is 0.0948. The predicted octanol–water partition coefficient (Wildman–Crippen LogP) is 1.54. The van der Waals surface area contributed by atoms with Crippen LogP contribution in [0.1, 0.15) is 35.1 Å². The molecule has 0 saturated heterocycles. The standard InChI is InChI=1S/C18H25N5O/c1-2-11-23-16-8-12-22(14-6-4-3-5-7-14)13-15(16)17(21-23)18(24)20-10-9-19/h3-7H,2,8-13,19H2,1H3,(H,20,24). The second-order valence-corrected chi connectivity index (χ2v) is 6.05. The van der Waals surface area contributed by atoms with Crippen LogP contribution < -0.4 is 16.0 Å². The summed E-state index contributed by atoms with van der Waals surface area (Å²) in [6.07, 6.45) is 1.90. The van der Waals surface area contributed by atoms with Crippen molar-refractivity contribution in [2.75, 3.05) is 24.5 Å². The largest absolute Gasteiger partial charge is 0.367 e. The highest BCUT2D eigenvalue weighted by Crippen LogP contribution is 2.27. The summed E-state index contributed by atoms with van der Waals surface area (Å²) in [6.45, 7) is 5.53. The van der Waals surface area contributed by atoms with Crippen molar-refractivity contribution >= 4 is 11.6 Å². The molecule has 0 bridgehead atoms. The average Bonchev–Trinajstić information content (AvgIpc) is 2.99. The zero-order chi connectivity index (χ0) is 16.9. The summed E-state index contributed by atoms with van der Waals surface area (Å²) < 4.78 is 2.01. The molecule has 2 aromatic rings. The molecule has 3 rings (SSSR count). The Morgan fingerprint density at radius 2 is 2.12 bits per heavy atom. The summed E-state index contributed by atoms with van der Waals surface area (Å²) in [5.41, 5.74) is 9.47. The van der Waals surface area contributed by atoms with Gasteiger partial charge in [0, 0.05) is 56.1 Å². The van der Waals surface area contributed by atoms with E-state index < -0.39 is 0 Å². The van der Waals surface area contributed by atoms with Crippen LogP contribution in [0, 0.1) is 0 Å². The molecule has 24 heavy (non-hydrogen) atoms. The van der Waals surface area contributed by atoms with E-state index in [9.17, 15) is 4.79 Å². The molecule has 0 radical (unpaired) electrons. The Morgan fingerprint density at radius 3 is 2.83 bits per heavy atom. The highest BCUT2D eigenvalue weighted by atomic mass is 16.1. The van der Waals surface area contributed by atoms with Gasteiger partial charge >= 0.3 is 0 Å². The van der Waals surface area contributed by atoms with Crippen LogP contribution in [0.25, 0.3) is 0 Å². The molecule has 1 aliphatic heterocycles. The number of nitrogens with two attached hydrogens (primary N) is 1. The molecule has 6 nitrogen and oxygen atoms in total. The van der Waals surface area contributed by atoms with Crippen LogP contribution in [0.4, 0.5) is 5.69 Å². The van der Waals surface area contributed by atoms with Crippen LogP contribution in [-0.4, -0.2) is 35.3 Å². The minimum atomic E-state index is -0.124. The van der Waals surface area contributed by atoms with Gasteiger partial charge in [-0.15, -0.1) is 0 Å². The number of fused-ring (bicyclic) bond motifs is 1. The Bertz CT molecular complexity index is 695. The fraction of sp³-hybridized carbons (Fsp3) is 0.444. The number of para-hydroxylation sites is 1. The van der Waals surface area contributed by atoms with E-state index >= 15 is 0 Å². The second kappa shape index (κ2) is 7.49. The zero-order valence-corrected chi connectivity index (χ0v) is 14.2. The Labute approximate surface area is 142 Å². The lowest BCUT2D eigenvalue weighted by atomic mass is 10.0. The Kier molecular flexibility index (Phi) is 5.15. The van der Waals surface area contributed by atoms with E-state index in [-0.39, 0.29) is 5.91 Å².